The van der Waals surface area contributed by atoms with Crippen LogP contribution in [0.2, 0.25) is 0 Å². The highest BCUT2D eigenvalue weighted by atomic mass is 19.4. The predicted molar refractivity (Wildman–Crippen MR) is 110 cm³/mol. The lowest BCUT2D eigenvalue weighted by Gasteiger charge is -2.09. The van der Waals surface area contributed by atoms with E-state index in [1.54, 1.807) is 41.2 Å². The maximum Gasteiger partial charge on any atom is 0.416 e. The minimum absolute atomic E-state index is 0.267. The number of hydrogen-bond donors (Lipinski definition) is 1. The standard InChI is InChI=1S/C23H15F3N4O/c1-15-4-5-17(22(31)29-19-9-7-18(8-10-19)23(24,25)26)13-16(15)6-11-20-14-27-21-3-2-12-28-30(20)21/h2-5,7-10,12-14H,1H3,(H,29,31). The first-order valence-electron chi connectivity index (χ1n) is 9.21. The van der Waals surface area contributed by atoms with Crippen molar-refractivity contribution in [3.8, 4) is 11.8 Å². The molecule has 0 radical (unpaired) electrons. The van der Waals surface area contributed by atoms with E-state index in [0.717, 1.165) is 17.7 Å². The Balaban J connectivity index is 1.56. The summed E-state index contributed by atoms with van der Waals surface area (Å²) in [6, 6.07) is 12.9. The van der Waals surface area contributed by atoms with E-state index in [9.17, 15) is 18.0 Å². The zero-order chi connectivity index (χ0) is 22.0. The van der Waals surface area contributed by atoms with E-state index in [2.05, 4.69) is 27.2 Å². The maximum atomic E-state index is 12.7. The SMILES string of the molecule is Cc1ccc(C(=O)Nc2ccc(C(F)(F)F)cc2)cc1C#Cc1cnc2cccnn12. The number of hydrogen-bond acceptors (Lipinski definition) is 3. The fraction of sp³-hybridized carbons (Fsp3) is 0.0870. The van der Waals surface area contributed by atoms with Crippen molar-refractivity contribution in [1.82, 2.24) is 14.6 Å². The van der Waals surface area contributed by atoms with Crippen LogP contribution in [0.4, 0.5) is 18.9 Å². The second kappa shape index (κ2) is 7.95. The fourth-order valence-corrected chi connectivity index (χ4v) is 2.89. The van der Waals surface area contributed by atoms with E-state index in [-0.39, 0.29) is 5.69 Å². The number of carbonyl (C=O) groups is 1. The molecule has 31 heavy (non-hydrogen) atoms. The molecular formula is C23H15F3N4O. The number of anilines is 1. The number of aromatic nitrogens is 3. The van der Waals surface area contributed by atoms with Gasteiger partial charge in [0.15, 0.2) is 5.65 Å². The van der Waals surface area contributed by atoms with Gasteiger partial charge < -0.3 is 5.32 Å². The molecule has 0 aliphatic heterocycles. The first-order chi connectivity index (χ1) is 14.8. The van der Waals surface area contributed by atoms with Crippen molar-refractivity contribution in [1.29, 1.82) is 0 Å². The Bertz CT molecular complexity index is 1330. The average Bonchev–Trinajstić information content (AvgIpc) is 3.16. The molecule has 1 amide bonds. The molecule has 4 aromatic rings. The smallest absolute Gasteiger partial charge is 0.322 e. The monoisotopic (exact) mass is 420 g/mol. The lowest BCUT2D eigenvalue weighted by molar-refractivity contribution is -0.137. The van der Waals surface area contributed by atoms with Gasteiger partial charge in [-0.15, -0.1) is 0 Å². The summed E-state index contributed by atoms with van der Waals surface area (Å²) in [6.07, 6.45) is -1.17. The van der Waals surface area contributed by atoms with Crippen LogP contribution < -0.4 is 5.32 Å². The molecule has 0 saturated carbocycles. The van der Waals surface area contributed by atoms with Crippen LogP contribution >= 0.6 is 0 Å². The van der Waals surface area contributed by atoms with Gasteiger partial charge in [0.05, 0.1) is 11.8 Å². The molecule has 0 spiro atoms. The van der Waals surface area contributed by atoms with Crippen molar-refractivity contribution in [3.63, 3.8) is 0 Å². The first kappa shape index (κ1) is 20.2. The molecule has 0 atom stereocenters. The number of aryl methyl sites for hydroxylation is 1. The van der Waals surface area contributed by atoms with E-state index in [0.29, 0.717) is 22.5 Å². The van der Waals surface area contributed by atoms with Crippen LogP contribution in [0.25, 0.3) is 5.65 Å². The number of benzene rings is 2. The van der Waals surface area contributed by atoms with Crippen molar-refractivity contribution in [3.05, 3.63) is 94.9 Å². The van der Waals surface area contributed by atoms with Crippen LogP contribution in [0.15, 0.2) is 67.0 Å². The molecule has 0 fully saturated rings. The number of rotatable bonds is 2. The topological polar surface area (TPSA) is 59.3 Å². The lowest BCUT2D eigenvalue weighted by Crippen LogP contribution is -2.12. The largest absolute Gasteiger partial charge is 0.416 e. The van der Waals surface area contributed by atoms with E-state index < -0.39 is 17.6 Å². The summed E-state index contributed by atoms with van der Waals surface area (Å²) in [5.74, 6) is 5.60. The highest BCUT2D eigenvalue weighted by molar-refractivity contribution is 6.04. The third-order valence-corrected chi connectivity index (χ3v) is 4.57. The van der Waals surface area contributed by atoms with E-state index in [4.69, 9.17) is 0 Å². The Morgan fingerprint density at radius 2 is 1.84 bits per heavy atom. The van der Waals surface area contributed by atoms with Crippen LogP contribution in [0.1, 0.15) is 32.7 Å². The van der Waals surface area contributed by atoms with Gasteiger partial charge >= 0.3 is 6.18 Å². The van der Waals surface area contributed by atoms with Gasteiger partial charge in [-0.05, 0) is 66.9 Å². The van der Waals surface area contributed by atoms with E-state index in [1.165, 1.54) is 12.1 Å². The van der Waals surface area contributed by atoms with E-state index in [1.807, 2.05) is 13.0 Å². The highest BCUT2D eigenvalue weighted by Crippen LogP contribution is 2.29. The predicted octanol–water partition coefficient (Wildman–Crippen LogP) is 4.71. The Labute approximate surface area is 175 Å². The van der Waals surface area contributed by atoms with Crippen molar-refractivity contribution in [2.45, 2.75) is 13.1 Å². The molecule has 0 unspecified atom stereocenters. The van der Waals surface area contributed by atoms with E-state index >= 15 is 0 Å². The number of nitrogens with one attached hydrogen (secondary N) is 1. The Morgan fingerprint density at radius 3 is 2.58 bits per heavy atom. The fourth-order valence-electron chi connectivity index (χ4n) is 2.89. The van der Waals surface area contributed by atoms with Gasteiger partial charge in [0.2, 0.25) is 0 Å². The Hall–Kier alpha value is -4.12. The number of amides is 1. The first-order valence-corrected chi connectivity index (χ1v) is 9.21. The molecule has 5 nitrogen and oxygen atoms in total. The Kier molecular flexibility index (Phi) is 5.17. The average molecular weight is 420 g/mol. The molecule has 1 N–H and O–H groups in total. The minimum Gasteiger partial charge on any atom is -0.322 e. The second-order valence-electron chi connectivity index (χ2n) is 6.75. The number of alkyl halides is 3. The highest BCUT2D eigenvalue weighted by Gasteiger charge is 2.30. The molecule has 2 heterocycles. The van der Waals surface area contributed by atoms with Crippen LogP contribution in [0.3, 0.4) is 0 Å². The molecule has 0 saturated heterocycles. The second-order valence-corrected chi connectivity index (χ2v) is 6.75. The summed E-state index contributed by atoms with van der Waals surface area (Å²) in [5, 5.41) is 6.81. The van der Waals surface area contributed by atoms with Crippen LogP contribution in [0, 0.1) is 18.8 Å². The third kappa shape index (κ3) is 4.41. The van der Waals surface area contributed by atoms with Crippen molar-refractivity contribution < 1.29 is 18.0 Å². The van der Waals surface area contributed by atoms with Gasteiger partial charge in [-0.1, -0.05) is 12.0 Å². The molecule has 0 bridgehead atoms. The summed E-state index contributed by atoms with van der Waals surface area (Å²) < 4.78 is 39.7. The number of imidazole rings is 1. The van der Waals surface area contributed by atoms with Crippen molar-refractivity contribution in [2.75, 3.05) is 5.32 Å². The van der Waals surface area contributed by atoms with Gasteiger partial charge in [0.25, 0.3) is 5.91 Å². The van der Waals surface area contributed by atoms with Crippen molar-refractivity contribution in [2.24, 2.45) is 0 Å². The summed E-state index contributed by atoms with van der Waals surface area (Å²) in [4.78, 5) is 16.8. The molecule has 2 aromatic carbocycles. The van der Waals surface area contributed by atoms with Crippen molar-refractivity contribution >= 4 is 17.2 Å². The summed E-state index contributed by atoms with van der Waals surface area (Å²) in [5.41, 5.74) is 2.63. The van der Waals surface area contributed by atoms with Gasteiger partial charge in [0, 0.05) is 23.0 Å². The van der Waals surface area contributed by atoms with Gasteiger partial charge in [0.1, 0.15) is 5.69 Å². The minimum atomic E-state index is -4.43. The van der Waals surface area contributed by atoms with Crippen LogP contribution in [-0.4, -0.2) is 20.5 Å². The normalized spacial score (nSPS) is 11.1. The zero-order valence-electron chi connectivity index (χ0n) is 16.2. The number of halogens is 3. The molecule has 0 aliphatic carbocycles. The van der Waals surface area contributed by atoms with Gasteiger partial charge in [-0.25, -0.2) is 9.50 Å². The summed E-state index contributed by atoms with van der Waals surface area (Å²) >= 11 is 0. The molecule has 8 heteroatoms. The third-order valence-electron chi connectivity index (χ3n) is 4.57. The zero-order valence-corrected chi connectivity index (χ0v) is 16.2. The number of carbonyl (C=O) groups excluding carboxylic acids is 1. The molecule has 0 aliphatic rings. The maximum absolute atomic E-state index is 12.7. The van der Waals surface area contributed by atoms with Crippen LogP contribution in [0.5, 0.6) is 0 Å². The molecule has 2 aromatic heterocycles. The Morgan fingerprint density at radius 1 is 1.06 bits per heavy atom. The number of nitrogens with zero attached hydrogens (tertiary/aromatic N) is 3. The molecular weight excluding hydrogens is 405 g/mol. The lowest BCUT2D eigenvalue weighted by atomic mass is 10.0. The summed E-state index contributed by atoms with van der Waals surface area (Å²) in [7, 11) is 0. The quantitative estimate of drug-likeness (QED) is 0.478. The summed E-state index contributed by atoms with van der Waals surface area (Å²) in [6.45, 7) is 1.87. The molecule has 4 rings (SSSR count). The van der Waals surface area contributed by atoms with Gasteiger partial charge in [-0.2, -0.15) is 18.3 Å². The number of fused-ring (bicyclic) bond motifs is 1. The van der Waals surface area contributed by atoms with Crippen LogP contribution in [-0.2, 0) is 6.18 Å². The van der Waals surface area contributed by atoms with Gasteiger partial charge in [-0.3, -0.25) is 4.79 Å². The molecule has 154 valence electrons.